The van der Waals surface area contributed by atoms with Crippen molar-refractivity contribution in [2.75, 3.05) is 6.61 Å². The molecule has 0 aliphatic carbocycles. The maximum absolute atomic E-state index is 13.3. The molecular formula is C38H36N6O8S. The van der Waals surface area contributed by atoms with E-state index in [-0.39, 0.29) is 34.8 Å². The average molecular weight is 737 g/mol. The first-order valence-corrected chi connectivity index (χ1v) is 17.9. The lowest BCUT2D eigenvalue weighted by molar-refractivity contribution is -0.147. The summed E-state index contributed by atoms with van der Waals surface area (Å²) in [5, 5.41) is 17.4. The Balaban J connectivity index is 1.16. The molecule has 0 saturated heterocycles. The summed E-state index contributed by atoms with van der Waals surface area (Å²) in [6.07, 6.45) is 0.462. The lowest BCUT2D eigenvalue weighted by atomic mass is 10.0. The van der Waals surface area contributed by atoms with Crippen molar-refractivity contribution in [1.29, 1.82) is 0 Å². The van der Waals surface area contributed by atoms with Crippen LogP contribution in [0.25, 0.3) is 22.4 Å². The Morgan fingerprint density at radius 1 is 0.830 bits per heavy atom. The fraction of sp³-hybridized carbons (Fsp3) is 0.184. The number of carboxylic acids is 1. The topological polar surface area (TPSA) is 215 Å². The van der Waals surface area contributed by atoms with Gasteiger partial charge in [0.1, 0.15) is 0 Å². The number of ether oxygens (including phenoxy) is 1. The summed E-state index contributed by atoms with van der Waals surface area (Å²) in [4.78, 5) is 47.1. The van der Waals surface area contributed by atoms with Gasteiger partial charge in [-0.25, -0.2) is 14.8 Å². The first-order chi connectivity index (χ1) is 25.5. The summed E-state index contributed by atoms with van der Waals surface area (Å²) < 4.78 is 38.6. The standard InChI is InChI=1S/C38H36N6O8S/c39-36(38(47)48)44(37(46)29-19-20-33(40-24-29)43-41-25-28-16-9-10-17-32(28)53(49,50)51)35(45)18-8-3-11-21-52-34-23-30(26-12-4-1-5-13-26)22-31(42-34)27-14-6-2-7-15-27/h1-2,4-7,9-10,12-17,19-20,22-24,36H,3,8,11,18,21,25,39H2,(H,47,48)(H,49,50,51). The molecule has 14 nitrogen and oxygen atoms in total. The zero-order valence-electron chi connectivity index (χ0n) is 28.4. The van der Waals surface area contributed by atoms with Crippen molar-refractivity contribution in [3.8, 4) is 28.3 Å². The number of unbranched alkanes of at least 4 members (excludes halogenated alkanes) is 2. The third-order valence-electron chi connectivity index (χ3n) is 7.94. The molecule has 1 unspecified atom stereocenters. The predicted octanol–water partition coefficient (Wildman–Crippen LogP) is 6.32. The second-order valence-electron chi connectivity index (χ2n) is 11.7. The predicted molar refractivity (Wildman–Crippen MR) is 195 cm³/mol. The third kappa shape index (κ3) is 10.4. The summed E-state index contributed by atoms with van der Waals surface area (Å²) >= 11 is 0. The van der Waals surface area contributed by atoms with Crippen molar-refractivity contribution in [3.63, 3.8) is 0 Å². The molecule has 1 atom stereocenters. The second kappa shape index (κ2) is 17.9. The zero-order chi connectivity index (χ0) is 37.8. The van der Waals surface area contributed by atoms with E-state index >= 15 is 0 Å². The van der Waals surface area contributed by atoms with Crippen LogP contribution in [0.2, 0.25) is 0 Å². The minimum atomic E-state index is -4.46. The summed E-state index contributed by atoms with van der Waals surface area (Å²) in [7, 11) is -4.46. The number of carboxylic acid groups (broad SMARTS) is 1. The molecule has 2 heterocycles. The summed E-state index contributed by atoms with van der Waals surface area (Å²) in [6.45, 7) is 0.126. The number of hydrogen-bond acceptors (Lipinski definition) is 11. The van der Waals surface area contributed by atoms with E-state index in [0.717, 1.165) is 28.6 Å². The first-order valence-electron chi connectivity index (χ1n) is 16.5. The van der Waals surface area contributed by atoms with Gasteiger partial charge in [-0.2, -0.15) is 13.5 Å². The van der Waals surface area contributed by atoms with Crippen LogP contribution in [-0.4, -0.2) is 63.5 Å². The molecule has 0 radical (unpaired) electrons. The van der Waals surface area contributed by atoms with Gasteiger partial charge < -0.3 is 15.6 Å². The number of aliphatic carboxylic acids is 1. The highest BCUT2D eigenvalue weighted by Crippen LogP contribution is 2.29. The molecule has 272 valence electrons. The van der Waals surface area contributed by atoms with Crippen molar-refractivity contribution in [1.82, 2.24) is 14.9 Å². The zero-order valence-corrected chi connectivity index (χ0v) is 29.2. The molecule has 0 fully saturated rings. The fourth-order valence-electron chi connectivity index (χ4n) is 5.27. The van der Waals surface area contributed by atoms with E-state index in [1.165, 1.54) is 30.3 Å². The fourth-order valence-corrected chi connectivity index (χ4v) is 5.99. The van der Waals surface area contributed by atoms with E-state index in [9.17, 15) is 32.5 Å². The molecule has 0 bridgehead atoms. The van der Waals surface area contributed by atoms with Gasteiger partial charge in [0, 0.05) is 24.2 Å². The number of imide groups is 1. The van der Waals surface area contributed by atoms with Gasteiger partial charge in [-0.1, -0.05) is 78.9 Å². The number of aromatic nitrogens is 2. The number of pyridine rings is 2. The van der Waals surface area contributed by atoms with E-state index in [1.54, 1.807) is 6.07 Å². The molecule has 3 aromatic carbocycles. The molecule has 15 heteroatoms. The van der Waals surface area contributed by atoms with Gasteiger partial charge in [-0.15, -0.1) is 5.11 Å². The molecule has 5 aromatic rings. The van der Waals surface area contributed by atoms with Crippen LogP contribution < -0.4 is 10.5 Å². The molecule has 0 saturated carbocycles. The van der Waals surface area contributed by atoms with Gasteiger partial charge in [0.2, 0.25) is 11.8 Å². The average Bonchev–Trinajstić information content (AvgIpc) is 3.16. The largest absolute Gasteiger partial charge is 0.479 e. The number of nitrogens with zero attached hydrogens (tertiary/aromatic N) is 5. The van der Waals surface area contributed by atoms with Crippen LogP contribution in [0, 0.1) is 0 Å². The molecule has 2 amide bonds. The quantitative estimate of drug-likeness (QED) is 0.0441. The molecule has 5 rings (SSSR count). The number of nitrogens with two attached hydrogens (primary N) is 1. The van der Waals surface area contributed by atoms with Crippen LogP contribution in [0.15, 0.2) is 131 Å². The monoisotopic (exact) mass is 736 g/mol. The number of carbonyl (C=O) groups is 3. The van der Waals surface area contributed by atoms with Crippen LogP contribution in [0.5, 0.6) is 5.88 Å². The smallest absolute Gasteiger partial charge is 0.341 e. The van der Waals surface area contributed by atoms with Crippen LogP contribution in [0.1, 0.15) is 41.6 Å². The van der Waals surface area contributed by atoms with E-state index in [1.807, 2.05) is 72.8 Å². The SMILES string of the molecule is NC(C(=O)O)N(C(=O)CCCCCOc1cc(-c2ccccc2)cc(-c2ccccc2)n1)C(=O)c1ccc(N=NCc2ccccc2S(=O)(=O)O)nc1. The van der Waals surface area contributed by atoms with Crippen molar-refractivity contribution in [2.45, 2.75) is 43.3 Å². The highest BCUT2D eigenvalue weighted by atomic mass is 32.2. The van der Waals surface area contributed by atoms with E-state index in [4.69, 9.17) is 15.5 Å². The molecule has 2 aromatic heterocycles. The Morgan fingerprint density at radius 2 is 1.51 bits per heavy atom. The van der Waals surface area contributed by atoms with Gasteiger partial charge in [-0.05, 0) is 60.2 Å². The minimum Gasteiger partial charge on any atom is -0.479 e. The number of azo groups is 1. The van der Waals surface area contributed by atoms with Gasteiger partial charge >= 0.3 is 5.97 Å². The van der Waals surface area contributed by atoms with E-state index in [0.29, 0.717) is 36.6 Å². The maximum atomic E-state index is 13.3. The Labute approximate surface area is 305 Å². The maximum Gasteiger partial charge on any atom is 0.341 e. The Morgan fingerprint density at radius 3 is 2.17 bits per heavy atom. The lowest BCUT2D eigenvalue weighted by Crippen LogP contribution is -2.53. The summed E-state index contributed by atoms with van der Waals surface area (Å²) in [5.74, 6) is -2.79. The molecule has 4 N–H and O–H groups in total. The molecule has 0 spiro atoms. The number of hydrogen-bond donors (Lipinski definition) is 3. The number of benzene rings is 3. The molecule has 0 aliphatic rings. The lowest BCUT2D eigenvalue weighted by Gasteiger charge is -2.24. The van der Waals surface area contributed by atoms with E-state index in [2.05, 4.69) is 15.2 Å². The van der Waals surface area contributed by atoms with Crippen molar-refractivity contribution >= 4 is 33.7 Å². The number of rotatable bonds is 16. The van der Waals surface area contributed by atoms with Crippen LogP contribution >= 0.6 is 0 Å². The molecular weight excluding hydrogens is 701 g/mol. The highest BCUT2D eigenvalue weighted by Gasteiger charge is 2.32. The Bertz CT molecular complexity index is 2130. The molecule has 0 aliphatic heterocycles. The van der Waals surface area contributed by atoms with Gasteiger partial charge in [0.05, 0.1) is 29.3 Å². The number of carbonyl (C=O) groups excluding carboxylic acids is 2. The van der Waals surface area contributed by atoms with Gasteiger partial charge in [0.15, 0.2) is 12.0 Å². The number of amides is 2. The van der Waals surface area contributed by atoms with E-state index < -0.39 is 34.1 Å². The Kier molecular flexibility index (Phi) is 12.8. The van der Waals surface area contributed by atoms with Crippen molar-refractivity contribution < 1.29 is 37.2 Å². The third-order valence-corrected chi connectivity index (χ3v) is 8.90. The minimum absolute atomic E-state index is 0.0480. The second-order valence-corrected chi connectivity index (χ2v) is 13.1. The van der Waals surface area contributed by atoms with Gasteiger partial charge in [0.25, 0.3) is 16.0 Å². The highest BCUT2D eigenvalue weighted by molar-refractivity contribution is 7.85. The van der Waals surface area contributed by atoms with Crippen molar-refractivity contribution in [2.24, 2.45) is 16.0 Å². The van der Waals surface area contributed by atoms with Crippen LogP contribution in [0.4, 0.5) is 5.82 Å². The normalized spacial score (nSPS) is 12.0. The first kappa shape index (κ1) is 38.1. The van der Waals surface area contributed by atoms with Gasteiger partial charge in [-0.3, -0.25) is 19.0 Å². The van der Waals surface area contributed by atoms with Crippen molar-refractivity contribution in [3.05, 3.63) is 127 Å². The molecule has 53 heavy (non-hydrogen) atoms. The summed E-state index contributed by atoms with van der Waals surface area (Å²) in [5.41, 5.74) is 9.54. The van der Waals surface area contributed by atoms with Crippen LogP contribution in [-0.2, 0) is 26.3 Å². The Hall–Kier alpha value is -6.16. The van der Waals surface area contributed by atoms with Crippen LogP contribution in [0.3, 0.4) is 0 Å². The summed E-state index contributed by atoms with van der Waals surface area (Å²) in [6, 6.07) is 31.9.